The predicted octanol–water partition coefficient (Wildman–Crippen LogP) is 3.12. The Labute approximate surface area is 120 Å². The molecule has 0 spiro atoms. The summed E-state index contributed by atoms with van der Waals surface area (Å²) in [6, 6.07) is 4.51. The van der Waals surface area contributed by atoms with Crippen molar-refractivity contribution in [3.05, 3.63) is 41.6 Å². The highest BCUT2D eigenvalue weighted by Gasteiger charge is 2.16. The van der Waals surface area contributed by atoms with Gasteiger partial charge in [0.05, 0.1) is 11.9 Å². The summed E-state index contributed by atoms with van der Waals surface area (Å²) in [7, 11) is 0. The zero-order chi connectivity index (χ0) is 14.9. The largest absolute Gasteiger partial charge is 0.389 e. The Balaban J connectivity index is 2.37. The molecule has 20 heavy (non-hydrogen) atoms. The van der Waals surface area contributed by atoms with E-state index in [9.17, 15) is 8.78 Å². The van der Waals surface area contributed by atoms with Crippen LogP contribution in [0.2, 0.25) is 0 Å². The van der Waals surface area contributed by atoms with Crippen LogP contribution in [0.15, 0.2) is 24.4 Å². The number of nitrogens with two attached hydrogens (primary N) is 1. The first-order chi connectivity index (χ1) is 9.41. The fourth-order valence-corrected chi connectivity index (χ4v) is 1.96. The van der Waals surface area contributed by atoms with Gasteiger partial charge >= 0.3 is 0 Å². The van der Waals surface area contributed by atoms with E-state index in [1.54, 1.807) is 16.9 Å². The van der Waals surface area contributed by atoms with Crippen LogP contribution in [0.4, 0.5) is 20.3 Å². The van der Waals surface area contributed by atoms with E-state index >= 15 is 0 Å². The molecule has 1 aromatic heterocycles. The van der Waals surface area contributed by atoms with Crippen molar-refractivity contribution in [2.45, 2.75) is 19.9 Å². The van der Waals surface area contributed by atoms with E-state index in [1.165, 1.54) is 12.1 Å². The fourth-order valence-electron chi connectivity index (χ4n) is 1.80. The van der Waals surface area contributed by atoms with Crippen LogP contribution in [0.1, 0.15) is 25.5 Å². The average Bonchev–Trinajstić information content (AvgIpc) is 2.83. The summed E-state index contributed by atoms with van der Waals surface area (Å²) in [5.74, 6) is -1.51. The molecule has 0 aliphatic heterocycles. The summed E-state index contributed by atoms with van der Waals surface area (Å²) in [5.41, 5.74) is 5.22. The molecular formula is C13H14F2N4S. The summed E-state index contributed by atoms with van der Waals surface area (Å²) in [6.07, 6.45) is 1.58. The van der Waals surface area contributed by atoms with E-state index in [4.69, 9.17) is 5.73 Å². The van der Waals surface area contributed by atoms with Crippen molar-refractivity contribution in [1.82, 2.24) is 9.78 Å². The molecule has 3 N–H and O–H groups in total. The van der Waals surface area contributed by atoms with E-state index in [1.807, 2.05) is 13.8 Å². The molecular weight excluding hydrogens is 282 g/mol. The van der Waals surface area contributed by atoms with Crippen LogP contribution in [-0.4, -0.2) is 14.8 Å². The lowest BCUT2D eigenvalue weighted by atomic mass is 10.2. The molecule has 7 heteroatoms. The van der Waals surface area contributed by atoms with Crippen molar-refractivity contribution < 1.29 is 8.78 Å². The molecule has 106 valence electrons. The Bertz CT molecular complexity index is 652. The van der Waals surface area contributed by atoms with Crippen LogP contribution in [0.5, 0.6) is 0 Å². The molecule has 0 unspecified atom stereocenters. The number of hydrogen-bond acceptors (Lipinski definition) is 3. The van der Waals surface area contributed by atoms with Crippen molar-refractivity contribution >= 4 is 28.7 Å². The maximum atomic E-state index is 14.0. The number of nitrogens with one attached hydrogen (secondary N) is 1. The second-order valence-corrected chi connectivity index (χ2v) is 4.97. The Kier molecular flexibility index (Phi) is 3.99. The SMILES string of the molecule is CC(C)n1nccc1Nc1ccc(C(N)=S)c(F)c1F. The molecule has 0 radical (unpaired) electrons. The van der Waals surface area contributed by atoms with Crippen LogP contribution < -0.4 is 11.1 Å². The molecule has 0 aliphatic rings. The summed E-state index contributed by atoms with van der Waals surface area (Å²) < 4.78 is 29.4. The van der Waals surface area contributed by atoms with E-state index in [0.29, 0.717) is 5.82 Å². The molecule has 0 saturated carbocycles. The highest BCUT2D eigenvalue weighted by atomic mass is 32.1. The number of aromatic nitrogens is 2. The minimum Gasteiger partial charge on any atom is -0.389 e. The van der Waals surface area contributed by atoms with Crippen LogP contribution in [0.3, 0.4) is 0 Å². The van der Waals surface area contributed by atoms with E-state index in [-0.39, 0.29) is 22.3 Å². The van der Waals surface area contributed by atoms with Crippen molar-refractivity contribution in [2.75, 3.05) is 5.32 Å². The molecule has 1 aromatic carbocycles. The third kappa shape index (κ3) is 2.62. The van der Waals surface area contributed by atoms with Crippen LogP contribution >= 0.6 is 12.2 Å². The summed E-state index contributed by atoms with van der Waals surface area (Å²) >= 11 is 4.66. The standard InChI is InChI=1S/C13H14F2N4S/c1-7(2)19-10(5-6-17-19)18-9-4-3-8(13(16)20)11(14)12(9)15/h3-7,18H,1-2H3,(H2,16,20). The quantitative estimate of drug-likeness (QED) is 0.851. The number of nitrogens with zero attached hydrogens (tertiary/aromatic N) is 2. The molecule has 4 nitrogen and oxygen atoms in total. The summed E-state index contributed by atoms with van der Waals surface area (Å²) in [5, 5.41) is 6.92. The minimum absolute atomic E-state index is 0.00454. The van der Waals surface area contributed by atoms with Gasteiger partial charge in [0.2, 0.25) is 0 Å². The fraction of sp³-hybridized carbons (Fsp3) is 0.231. The van der Waals surface area contributed by atoms with Crippen LogP contribution in [-0.2, 0) is 0 Å². The number of benzene rings is 1. The van der Waals surface area contributed by atoms with Gasteiger partial charge in [-0.25, -0.2) is 13.5 Å². The van der Waals surface area contributed by atoms with Gasteiger partial charge in [0, 0.05) is 17.7 Å². The van der Waals surface area contributed by atoms with Crippen molar-refractivity contribution in [1.29, 1.82) is 0 Å². The van der Waals surface area contributed by atoms with Gasteiger partial charge in [-0.2, -0.15) is 5.10 Å². The molecule has 0 saturated heterocycles. The average molecular weight is 296 g/mol. The first kappa shape index (κ1) is 14.4. The van der Waals surface area contributed by atoms with Crippen LogP contribution in [0, 0.1) is 11.6 Å². The van der Waals surface area contributed by atoms with E-state index < -0.39 is 11.6 Å². The first-order valence-corrected chi connectivity index (χ1v) is 6.41. The van der Waals surface area contributed by atoms with Gasteiger partial charge in [0.15, 0.2) is 11.6 Å². The molecule has 1 heterocycles. The molecule has 0 bridgehead atoms. The van der Waals surface area contributed by atoms with Gasteiger partial charge in [-0.3, -0.25) is 0 Å². The Morgan fingerprint density at radius 3 is 2.60 bits per heavy atom. The topological polar surface area (TPSA) is 55.9 Å². The highest BCUT2D eigenvalue weighted by molar-refractivity contribution is 7.80. The van der Waals surface area contributed by atoms with Gasteiger partial charge in [0.1, 0.15) is 10.8 Å². The Hall–Kier alpha value is -2.02. The second kappa shape index (κ2) is 5.54. The number of halogens is 2. The monoisotopic (exact) mass is 296 g/mol. The van der Waals surface area contributed by atoms with Crippen molar-refractivity contribution in [2.24, 2.45) is 5.73 Å². The van der Waals surface area contributed by atoms with Crippen molar-refractivity contribution in [3.63, 3.8) is 0 Å². The molecule has 2 rings (SSSR count). The zero-order valence-electron chi connectivity index (χ0n) is 11.0. The Morgan fingerprint density at radius 1 is 1.30 bits per heavy atom. The van der Waals surface area contributed by atoms with E-state index in [2.05, 4.69) is 22.6 Å². The highest BCUT2D eigenvalue weighted by Crippen LogP contribution is 2.25. The summed E-state index contributed by atoms with van der Waals surface area (Å²) in [6.45, 7) is 3.87. The number of anilines is 2. The van der Waals surface area contributed by atoms with Gasteiger partial charge in [-0.1, -0.05) is 12.2 Å². The molecule has 0 aliphatic carbocycles. The molecule has 0 amide bonds. The lowest BCUT2D eigenvalue weighted by Crippen LogP contribution is -2.14. The second-order valence-electron chi connectivity index (χ2n) is 4.53. The maximum Gasteiger partial charge on any atom is 0.182 e. The third-order valence-electron chi connectivity index (χ3n) is 2.77. The normalized spacial score (nSPS) is 10.8. The van der Waals surface area contributed by atoms with E-state index in [0.717, 1.165) is 0 Å². The molecule has 0 fully saturated rings. The zero-order valence-corrected chi connectivity index (χ0v) is 11.8. The number of rotatable bonds is 4. The maximum absolute atomic E-state index is 14.0. The summed E-state index contributed by atoms with van der Waals surface area (Å²) in [4.78, 5) is -0.180. The van der Waals surface area contributed by atoms with Crippen LogP contribution in [0.25, 0.3) is 0 Å². The number of thiocarbonyl (C=S) groups is 1. The minimum atomic E-state index is -1.06. The van der Waals surface area contributed by atoms with Gasteiger partial charge in [-0.15, -0.1) is 0 Å². The van der Waals surface area contributed by atoms with Gasteiger partial charge in [-0.05, 0) is 26.0 Å². The van der Waals surface area contributed by atoms with Gasteiger partial charge in [0.25, 0.3) is 0 Å². The van der Waals surface area contributed by atoms with Gasteiger partial charge < -0.3 is 11.1 Å². The smallest absolute Gasteiger partial charge is 0.182 e. The third-order valence-corrected chi connectivity index (χ3v) is 2.99. The first-order valence-electron chi connectivity index (χ1n) is 6.00. The lowest BCUT2D eigenvalue weighted by molar-refractivity contribution is 0.509. The lowest BCUT2D eigenvalue weighted by Gasteiger charge is -2.14. The predicted molar refractivity (Wildman–Crippen MR) is 78.1 cm³/mol. The Morgan fingerprint density at radius 2 is 2.00 bits per heavy atom. The molecule has 2 aromatic rings. The van der Waals surface area contributed by atoms with Crippen molar-refractivity contribution in [3.8, 4) is 0 Å². The molecule has 0 atom stereocenters. The number of hydrogen-bond donors (Lipinski definition) is 2.